The molecule has 0 bridgehead atoms. The molecule has 0 radical (unpaired) electrons. The van der Waals surface area contributed by atoms with Gasteiger partial charge in [0.15, 0.2) is 0 Å². The van der Waals surface area contributed by atoms with E-state index < -0.39 is 11.7 Å². The van der Waals surface area contributed by atoms with Crippen LogP contribution in [0.15, 0.2) is 48.5 Å². The molecule has 0 aromatic heterocycles. The van der Waals surface area contributed by atoms with E-state index in [1.807, 2.05) is 6.07 Å². The van der Waals surface area contributed by atoms with Crippen molar-refractivity contribution in [3.63, 3.8) is 0 Å². The van der Waals surface area contributed by atoms with Gasteiger partial charge in [-0.1, -0.05) is 36.4 Å². The average molecular weight is 265 g/mol. The summed E-state index contributed by atoms with van der Waals surface area (Å²) < 4.78 is 38.9. The third-order valence-corrected chi connectivity index (χ3v) is 2.96. The van der Waals surface area contributed by atoms with Crippen LogP contribution in [0.25, 0.3) is 11.1 Å². The first kappa shape index (κ1) is 13.6. The average Bonchev–Trinajstić information content (AvgIpc) is 2.38. The first-order valence-electron chi connectivity index (χ1n) is 5.92. The van der Waals surface area contributed by atoms with Gasteiger partial charge in [0, 0.05) is 6.04 Å². The summed E-state index contributed by atoms with van der Waals surface area (Å²) in [4.78, 5) is 0. The second kappa shape index (κ2) is 5.05. The van der Waals surface area contributed by atoms with Crippen LogP contribution in [0.2, 0.25) is 0 Å². The normalized spacial score (nSPS) is 13.3. The van der Waals surface area contributed by atoms with E-state index in [0.29, 0.717) is 5.56 Å². The molecule has 2 rings (SSSR count). The molecular formula is C15H14F3N. The molecule has 100 valence electrons. The van der Waals surface area contributed by atoms with Crippen LogP contribution in [0.3, 0.4) is 0 Å². The Morgan fingerprint density at radius 3 is 2.32 bits per heavy atom. The van der Waals surface area contributed by atoms with Gasteiger partial charge in [-0.25, -0.2) is 0 Å². The molecule has 1 nitrogen and oxygen atoms in total. The molecule has 0 spiro atoms. The highest BCUT2D eigenvalue weighted by Gasteiger charge is 2.33. The minimum atomic E-state index is -4.36. The van der Waals surface area contributed by atoms with Crippen molar-refractivity contribution in [1.29, 1.82) is 0 Å². The van der Waals surface area contributed by atoms with Gasteiger partial charge in [0.05, 0.1) is 5.56 Å². The summed E-state index contributed by atoms with van der Waals surface area (Å²) in [6, 6.07) is 12.2. The third kappa shape index (κ3) is 2.96. The van der Waals surface area contributed by atoms with Crippen LogP contribution < -0.4 is 5.73 Å². The zero-order valence-corrected chi connectivity index (χ0v) is 10.4. The predicted octanol–water partition coefficient (Wildman–Crippen LogP) is 4.39. The smallest absolute Gasteiger partial charge is 0.324 e. The number of nitrogens with two attached hydrogens (primary N) is 1. The summed E-state index contributed by atoms with van der Waals surface area (Å²) in [5.74, 6) is 0. The molecule has 0 fully saturated rings. The lowest BCUT2D eigenvalue weighted by molar-refractivity contribution is -0.137. The van der Waals surface area contributed by atoms with Gasteiger partial charge in [-0.2, -0.15) is 13.2 Å². The summed E-state index contributed by atoms with van der Waals surface area (Å²) in [6.45, 7) is 1.80. The van der Waals surface area contributed by atoms with Gasteiger partial charge in [0.2, 0.25) is 0 Å². The predicted molar refractivity (Wildman–Crippen MR) is 69.5 cm³/mol. The highest BCUT2D eigenvalue weighted by atomic mass is 19.4. The lowest BCUT2D eigenvalue weighted by Crippen LogP contribution is -2.08. The molecule has 2 aromatic rings. The Morgan fingerprint density at radius 1 is 1.00 bits per heavy atom. The maximum atomic E-state index is 13.0. The first-order valence-corrected chi connectivity index (χ1v) is 5.92. The fourth-order valence-electron chi connectivity index (χ4n) is 1.97. The van der Waals surface area contributed by atoms with Crippen molar-refractivity contribution in [2.45, 2.75) is 19.1 Å². The Bertz CT molecular complexity index is 574. The molecule has 2 N–H and O–H groups in total. The molecule has 19 heavy (non-hydrogen) atoms. The van der Waals surface area contributed by atoms with Crippen molar-refractivity contribution >= 4 is 0 Å². The van der Waals surface area contributed by atoms with Crippen molar-refractivity contribution in [3.8, 4) is 11.1 Å². The lowest BCUT2D eigenvalue weighted by Gasteiger charge is -2.14. The molecule has 0 aliphatic heterocycles. The number of hydrogen-bond donors (Lipinski definition) is 1. The number of halogens is 3. The fraction of sp³-hybridized carbons (Fsp3) is 0.200. The molecule has 0 unspecified atom stereocenters. The standard InChI is InChI=1S/C15H14F3N/c1-10(19)11-5-4-6-12(9-11)13-7-2-3-8-14(13)15(16,17)18/h2-10H,19H2,1H3/t10-/m1/s1. The number of rotatable bonds is 2. The Kier molecular flexibility index (Phi) is 3.62. The van der Waals surface area contributed by atoms with Crippen LogP contribution in [0.5, 0.6) is 0 Å². The van der Waals surface area contributed by atoms with Crippen molar-refractivity contribution in [1.82, 2.24) is 0 Å². The quantitative estimate of drug-likeness (QED) is 0.856. The molecular weight excluding hydrogens is 251 g/mol. The number of benzene rings is 2. The second-order valence-electron chi connectivity index (χ2n) is 4.46. The number of alkyl halides is 3. The lowest BCUT2D eigenvalue weighted by atomic mass is 9.96. The molecule has 4 heteroatoms. The summed E-state index contributed by atoms with van der Waals surface area (Å²) in [5.41, 5.74) is 6.66. The van der Waals surface area contributed by atoms with E-state index in [4.69, 9.17) is 5.73 Å². The van der Waals surface area contributed by atoms with Crippen LogP contribution in [0.4, 0.5) is 13.2 Å². The van der Waals surface area contributed by atoms with E-state index in [1.54, 1.807) is 31.2 Å². The Balaban J connectivity index is 2.56. The van der Waals surface area contributed by atoms with Gasteiger partial charge in [0.1, 0.15) is 0 Å². The molecule has 0 aliphatic carbocycles. The highest BCUT2D eigenvalue weighted by Crippen LogP contribution is 2.37. The topological polar surface area (TPSA) is 26.0 Å². The van der Waals surface area contributed by atoms with Crippen molar-refractivity contribution < 1.29 is 13.2 Å². The Morgan fingerprint density at radius 2 is 1.68 bits per heavy atom. The van der Waals surface area contributed by atoms with E-state index in [-0.39, 0.29) is 11.6 Å². The maximum Gasteiger partial charge on any atom is 0.417 e. The van der Waals surface area contributed by atoms with Gasteiger partial charge in [0.25, 0.3) is 0 Å². The molecule has 2 aromatic carbocycles. The van der Waals surface area contributed by atoms with Crippen LogP contribution >= 0.6 is 0 Å². The monoisotopic (exact) mass is 265 g/mol. The summed E-state index contributed by atoms with van der Waals surface area (Å²) in [6.07, 6.45) is -4.36. The minimum absolute atomic E-state index is 0.178. The maximum absolute atomic E-state index is 13.0. The van der Waals surface area contributed by atoms with Crippen molar-refractivity contribution in [3.05, 3.63) is 59.7 Å². The van der Waals surface area contributed by atoms with Gasteiger partial charge < -0.3 is 5.73 Å². The summed E-state index contributed by atoms with van der Waals surface area (Å²) >= 11 is 0. The zero-order valence-electron chi connectivity index (χ0n) is 10.4. The molecule has 0 saturated carbocycles. The molecule has 0 aliphatic rings. The second-order valence-corrected chi connectivity index (χ2v) is 4.46. The van der Waals surface area contributed by atoms with Gasteiger partial charge >= 0.3 is 6.18 Å². The fourth-order valence-corrected chi connectivity index (χ4v) is 1.97. The molecule has 0 saturated heterocycles. The summed E-state index contributed by atoms with van der Waals surface area (Å²) in [7, 11) is 0. The molecule has 1 atom stereocenters. The van der Waals surface area contributed by atoms with Crippen molar-refractivity contribution in [2.24, 2.45) is 5.73 Å². The first-order chi connectivity index (χ1) is 8.89. The third-order valence-electron chi connectivity index (χ3n) is 2.96. The van der Waals surface area contributed by atoms with E-state index in [9.17, 15) is 13.2 Å². The van der Waals surface area contributed by atoms with Gasteiger partial charge in [-0.05, 0) is 35.7 Å². The summed E-state index contributed by atoms with van der Waals surface area (Å²) in [5, 5.41) is 0. The van der Waals surface area contributed by atoms with Crippen LogP contribution in [0, 0.1) is 0 Å². The minimum Gasteiger partial charge on any atom is -0.324 e. The zero-order chi connectivity index (χ0) is 14.0. The van der Waals surface area contributed by atoms with E-state index in [0.717, 1.165) is 11.6 Å². The van der Waals surface area contributed by atoms with Crippen LogP contribution in [0.1, 0.15) is 24.1 Å². The largest absolute Gasteiger partial charge is 0.417 e. The molecule has 0 heterocycles. The SMILES string of the molecule is C[C@@H](N)c1cccc(-c2ccccc2C(F)(F)F)c1. The number of hydrogen-bond acceptors (Lipinski definition) is 1. The van der Waals surface area contributed by atoms with E-state index in [2.05, 4.69) is 0 Å². The van der Waals surface area contributed by atoms with Crippen LogP contribution in [-0.4, -0.2) is 0 Å². The Hall–Kier alpha value is -1.81. The van der Waals surface area contributed by atoms with Gasteiger partial charge in [-0.15, -0.1) is 0 Å². The Labute approximate surface area is 109 Å². The van der Waals surface area contributed by atoms with Gasteiger partial charge in [-0.3, -0.25) is 0 Å². The van der Waals surface area contributed by atoms with Crippen LogP contribution in [-0.2, 0) is 6.18 Å². The highest BCUT2D eigenvalue weighted by molar-refractivity contribution is 5.68. The van der Waals surface area contributed by atoms with E-state index in [1.165, 1.54) is 12.1 Å². The van der Waals surface area contributed by atoms with E-state index >= 15 is 0 Å². The van der Waals surface area contributed by atoms with Crippen molar-refractivity contribution in [2.75, 3.05) is 0 Å². The molecule has 0 amide bonds.